The largest absolute Gasteiger partial charge is 0.356 e. The Balaban J connectivity index is 1.44. The molecule has 12 heteroatoms. The van der Waals surface area contributed by atoms with E-state index in [9.17, 15) is 9.59 Å². The average molecular weight is 516 g/mol. The number of amides is 2. The van der Waals surface area contributed by atoms with Crippen molar-refractivity contribution < 1.29 is 9.59 Å². The van der Waals surface area contributed by atoms with Gasteiger partial charge in [0.1, 0.15) is 16.7 Å². The van der Waals surface area contributed by atoms with E-state index >= 15 is 0 Å². The topological polar surface area (TPSA) is 136 Å². The second-order valence-electron chi connectivity index (χ2n) is 9.26. The van der Waals surface area contributed by atoms with Crippen LogP contribution in [0.5, 0.6) is 0 Å². The van der Waals surface area contributed by atoms with Gasteiger partial charge in [0, 0.05) is 43.4 Å². The monoisotopic (exact) mass is 515 g/mol. The zero-order chi connectivity index (χ0) is 25.9. The number of H-pyrrole nitrogens is 2. The maximum atomic E-state index is 13.0. The van der Waals surface area contributed by atoms with Gasteiger partial charge >= 0.3 is 0 Å². The third-order valence-electron chi connectivity index (χ3n) is 5.77. The minimum absolute atomic E-state index is 0.100. The van der Waals surface area contributed by atoms with Gasteiger partial charge in [0.25, 0.3) is 0 Å². The van der Waals surface area contributed by atoms with Crippen LogP contribution in [0.15, 0.2) is 24.8 Å². The second-order valence-corrected chi connectivity index (χ2v) is 10.1. The average Bonchev–Trinajstić information content (AvgIpc) is 3.59. The van der Waals surface area contributed by atoms with Crippen LogP contribution in [0, 0.1) is 0 Å². The maximum Gasteiger partial charge on any atom is 0.230 e. The van der Waals surface area contributed by atoms with Gasteiger partial charge in [0.15, 0.2) is 5.82 Å². The molecule has 0 saturated heterocycles. The first-order chi connectivity index (χ1) is 17.3. The highest BCUT2D eigenvalue weighted by Gasteiger charge is 2.20. The quantitative estimate of drug-likeness (QED) is 0.264. The number of unbranched alkanes of at least 4 members (excludes halogenated alkanes) is 1. The zero-order valence-electron chi connectivity index (χ0n) is 21.5. The lowest BCUT2D eigenvalue weighted by Crippen LogP contribution is -2.38. The number of carbonyl (C=O) groups excluding carboxylic acids is 2. The van der Waals surface area contributed by atoms with Crippen LogP contribution in [0.3, 0.4) is 0 Å². The van der Waals surface area contributed by atoms with Crippen molar-refractivity contribution in [1.29, 1.82) is 0 Å². The van der Waals surface area contributed by atoms with Crippen molar-refractivity contribution >= 4 is 23.3 Å². The van der Waals surface area contributed by atoms with Gasteiger partial charge in [-0.25, -0.2) is 15.0 Å². The highest BCUT2D eigenvalue weighted by atomic mass is 32.1. The van der Waals surface area contributed by atoms with E-state index in [0.717, 1.165) is 30.9 Å². The van der Waals surface area contributed by atoms with Crippen molar-refractivity contribution in [3.8, 4) is 0 Å². The first-order valence-corrected chi connectivity index (χ1v) is 13.2. The van der Waals surface area contributed by atoms with Crippen LogP contribution < -0.4 is 5.32 Å². The standard InChI is InChI=1S/C24H37N9O2S/c1-17(2)33(18(3)4)12-6-5-7-29-22(34)13-19-30-23(36-31-19)14-24(35)32(15-20-25-8-9-26-20)16-21-27-10-11-28-21/h8-11,17-18H,5-7,12-16H2,1-4H3,(H,25,26)(H,27,28)(H,29,34). The summed E-state index contributed by atoms with van der Waals surface area (Å²) in [5.41, 5.74) is 0. The van der Waals surface area contributed by atoms with Crippen molar-refractivity contribution in [2.45, 2.75) is 78.6 Å². The Hall–Kier alpha value is -3.12. The molecule has 0 aliphatic heterocycles. The Morgan fingerprint density at radius 1 is 0.972 bits per heavy atom. The van der Waals surface area contributed by atoms with Crippen LogP contribution in [-0.2, 0) is 35.5 Å². The first kappa shape index (κ1) is 27.5. The number of imidazole rings is 2. The lowest BCUT2D eigenvalue weighted by atomic mass is 10.2. The van der Waals surface area contributed by atoms with Gasteiger partial charge in [-0.3, -0.25) is 14.5 Å². The molecule has 0 unspecified atom stereocenters. The number of aromatic nitrogens is 6. The molecule has 36 heavy (non-hydrogen) atoms. The van der Waals surface area contributed by atoms with E-state index in [4.69, 9.17) is 0 Å². The normalized spacial score (nSPS) is 11.5. The van der Waals surface area contributed by atoms with Crippen LogP contribution >= 0.6 is 11.5 Å². The molecule has 2 amide bonds. The molecule has 0 bridgehead atoms. The number of carbonyl (C=O) groups is 2. The molecule has 0 aliphatic carbocycles. The Morgan fingerprint density at radius 3 is 2.17 bits per heavy atom. The summed E-state index contributed by atoms with van der Waals surface area (Å²) in [7, 11) is 0. The van der Waals surface area contributed by atoms with Crippen molar-refractivity contribution in [3.63, 3.8) is 0 Å². The molecule has 3 aromatic rings. The molecule has 0 fully saturated rings. The van der Waals surface area contributed by atoms with E-state index < -0.39 is 0 Å². The van der Waals surface area contributed by atoms with Crippen LogP contribution in [0.4, 0.5) is 0 Å². The maximum absolute atomic E-state index is 13.0. The van der Waals surface area contributed by atoms with Gasteiger partial charge < -0.3 is 20.2 Å². The molecular formula is C24H37N9O2S. The molecule has 0 aliphatic rings. The van der Waals surface area contributed by atoms with E-state index in [0.29, 0.717) is 54.2 Å². The van der Waals surface area contributed by atoms with Gasteiger partial charge in [-0.1, -0.05) is 0 Å². The predicted molar refractivity (Wildman–Crippen MR) is 138 cm³/mol. The van der Waals surface area contributed by atoms with E-state index in [1.54, 1.807) is 29.7 Å². The molecular weight excluding hydrogens is 478 g/mol. The molecule has 11 nitrogen and oxygen atoms in total. The third kappa shape index (κ3) is 8.83. The molecule has 196 valence electrons. The summed E-state index contributed by atoms with van der Waals surface area (Å²) in [6.07, 6.45) is 8.91. The lowest BCUT2D eigenvalue weighted by Gasteiger charge is -2.30. The fourth-order valence-electron chi connectivity index (χ4n) is 4.00. The molecule has 3 heterocycles. The summed E-state index contributed by atoms with van der Waals surface area (Å²) >= 11 is 1.15. The highest BCUT2D eigenvalue weighted by molar-refractivity contribution is 7.05. The minimum Gasteiger partial charge on any atom is -0.356 e. The van der Waals surface area contributed by atoms with E-state index in [1.165, 1.54) is 0 Å². The van der Waals surface area contributed by atoms with Crippen molar-refractivity contribution in [2.75, 3.05) is 13.1 Å². The Morgan fingerprint density at radius 2 is 1.61 bits per heavy atom. The molecule has 3 rings (SSSR count). The number of nitrogens with one attached hydrogen (secondary N) is 3. The predicted octanol–water partition coefficient (Wildman–Crippen LogP) is 2.31. The Labute approximate surface area is 216 Å². The highest BCUT2D eigenvalue weighted by Crippen LogP contribution is 2.12. The molecule has 0 atom stereocenters. The third-order valence-corrected chi connectivity index (χ3v) is 6.52. The van der Waals surface area contributed by atoms with Crippen LogP contribution in [0.25, 0.3) is 0 Å². The minimum atomic E-state index is -0.119. The number of nitrogens with zero attached hydrogens (tertiary/aromatic N) is 6. The number of hydrogen-bond donors (Lipinski definition) is 3. The van der Waals surface area contributed by atoms with Crippen LogP contribution in [0.2, 0.25) is 0 Å². The van der Waals surface area contributed by atoms with Crippen molar-refractivity contribution in [2.24, 2.45) is 0 Å². The Bertz CT molecular complexity index is 1000. The van der Waals surface area contributed by atoms with Gasteiger partial charge in [-0.05, 0) is 58.6 Å². The molecule has 3 aromatic heterocycles. The number of hydrogen-bond acceptors (Lipinski definition) is 8. The van der Waals surface area contributed by atoms with Crippen molar-refractivity contribution in [3.05, 3.63) is 47.3 Å². The summed E-state index contributed by atoms with van der Waals surface area (Å²) in [6, 6.07) is 1.03. The number of rotatable bonds is 15. The van der Waals surface area contributed by atoms with Gasteiger partial charge in [-0.2, -0.15) is 4.37 Å². The summed E-state index contributed by atoms with van der Waals surface area (Å²) < 4.78 is 4.28. The molecule has 0 radical (unpaired) electrons. The Kier molecular flexibility index (Phi) is 10.6. The molecule has 0 aromatic carbocycles. The fourth-order valence-corrected chi connectivity index (χ4v) is 4.65. The van der Waals surface area contributed by atoms with Crippen LogP contribution in [-0.4, -0.2) is 76.1 Å². The first-order valence-electron chi connectivity index (χ1n) is 12.4. The van der Waals surface area contributed by atoms with E-state index in [1.807, 2.05) is 0 Å². The summed E-state index contributed by atoms with van der Waals surface area (Å²) in [5, 5.41) is 3.53. The van der Waals surface area contributed by atoms with E-state index in [-0.39, 0.29) is 24.7 Å². The van der Waals surface area contributed by atoms with Gasteiger partial charge in [0.05, 0.1) is 25.9 Å². The van der Waals surface area contributed by atoms with Gasteiger partial charge in [-0.15, -0.1) is 0 Å². The smallest absolute Gasteiger partial charge is 0.230 e. The van der Waals surface area contributed by atoms with Gasteiger partial charge in [0.2, 0.25) is 11.8 Å². The molecule has 3 N–H and O–H groups in total. The summed E-state index contributed by atoms with van der Waals surface area (Å²) in [5.74, 6) is 1.59. The lowest BCUT2D eigenvalue weighted by molar-refractivity contribution is -0.132. The SMILES string of the molecule is CC(C)N(CCCCNC(=O)Cc1nsc(CC(=O)N(Cc2ncc[nH]2)Cc2ncc[nH]2)n1)C(C)C. The summed E-state index contributed by atoms with van der Waals surface area (Å²) in [4.78, 5) is 48.4. The molecule has 0 saturated carbocycles. The molecule has 0 spiro atoms. The number of aromatic amines is 2. The fraction of sp³-hybridized carbons (Fsp3) is 0.583. The van der Waals surface area contributed by atoms with Crippen LogP contribution in [0.1, 0.15) is 63.0 Å². The van der Waals surface area contributed by atoms with E-state index in [2.05, 4.69) is 67.2 Å². The van der Waals surface area contributed by atoms with Crippen molar-refractivity contribution in [1.82, 2.24) is 44.4 Å². The summed E-state index contributed by atoms with van der Waals surface area (Å²) in [6.45, 7) is 11.1. The zero-order valence-corrected chi connectivity index (χ0v) is 22.3. The second kappa shape index (κ2) is 13.8.